The summed E-state index contributed by atoms with van der Waals surface area (Å²) in [5.74, 6) is 0.00955. The number of carbonyl (C=O) groups is 2. The average molecular weight is 409 g/mol. The van der Waals surface area contributed by atoms with Crippen LogP contribution in [0.5, 0.6) is 0 Å². The molecule has 0 aliphatic heterocycles. The first-order valence-corrected chi connectivity index (χ1v) is 10.3. The van der Waals surface area contributed by atoms with Gasteiger partial charge in [-0.15, -0.1) is 0 Å². The fourth-order valence-electron chi connectivity index (χ4n) is 2.75. The van der Waals surface area contributed by atoms with Crippen molar-refractivity contribution in [3.05, 3.63) is 64.7 Å². The smallest absolute Gasteiger partial charge is 0.265 e. The summed E-state index contributed by atoms with van der Waals surface area (Å²) in [6.45, 7) is 6.45. The van der Waals surface area contributed by atoms with Crippen LogP contribution in [0.4, 0.5) is 5.69 Å². The van der Waals surface area contributed by atoms with E-state index in [4.69, 9.17) is 0 Å². The van der Waals surface area contributed by atoms with Crippen LogP contribution in [0.25, 0.3) is 11.4 Å². The molecule has 29 heavy (non-hydrogen) atoms. The topological polar surface area (TPSA) is 84.0 Å². The van der Waals surface area contributed by atoms with Gasteiger partial charge in [0.2, 0.25) is 5.91 Å². The number of hydrogen-bond acceptors (Lipinski definition) is 5. The molecular weight excluding hydrogens is 384 g/mol. The highest BCUT2D eigenvalue weighted by molar-refractivity contribution is 7.09. The third kappa shape index (κ3) is 5.06. The van der Waals surface area contributed by atoms with Crippen molar-refractivity contribution in [3.63, 3.8) is 0 Å². The minimum atomic E-state index is -0.274. The lowest BCUT2D eigenvalue weighted by molar-refractivity contribution is -0.115. The highest BCUT2D eigenvalue weighted by Crippen LogP contribution is 2.32. The van der Waals surface area contributed by atoms with Crippen LogP contribution < -0.4 is 10.6 Å². The predicted octanol–water partition coefficient (Wildman–Crippen LogP) is 4.61. The number of hydrogen-bond donors (Lipinski definition) is 2. The fraction of sp³-hybridized carbons (Fsp3) is 0.273. The van der Waals surface area contributed by atoms with E-state index >= 15 is 0 Å². The lowest BCUT2D eigenvalue weighted by Crippen LogP contribution is -2.23. The van der Waals surface area contributed by atoms with Crippen molar-refractivity contribution in [2.45, 2.75) is 39.7 Å². The largest absolute Gasteiger partial charge is 0.347 e. The van der Waals surface area contributed by atoms with Gasteiger partial charge in [-0.25, -0.2) is 0 Å². The average Bonchev–Trinajstić information content (AvgIpc) is 3.16. The van der Waals surface area contributed by atoms with Crippen LogP contribution in [-0.4, -0.2) is 21.2 Å². The molecule has 0 saturated heterocycles. The molecule has 150 valence electrons. The van der Waals surface area contributed by atoms with Gasteiger partial charge in [-0.05, 0) is 40.7 Å². The third-order valence-corrected chi connectivity index (χ3v) is 5.34. The highest BCUT2D eigenvalue weighted by atomic mass is 32.1. The molecule has 2 N–H and O–H groups in total. The van der Waals surface area contributed by atoms with Gasteiger partial charge in [-0.1, -0.05) is 51.1 Å². The van der Waals surface area contributed by atoms with Crippen LogP contribution in [-0.2, 0) is 11.3 Å². The van der Waals surface area contributed by atoms with E-state index < -0.39 is 0 Å². The molecule has 0 unspecified atom stereocenters. The summed E-state index contributed by atoms with van der Waals surface area (Å²) < 4.78 is 4.38. The monoisotopic (exact) mass is 408 g/mol. The first-order chi connectivity index (χ1) is 14.0. The summed E-state index contributed by atoms with van der Waals surface area (Å²) in [5.41, 5.74) is 3.79. The SMILES string of the molecule is CCC(=O)Nc1c(-c2ccccn2)nsc1C(=O)NCc1ccc(C(C)C)cc1. The third-order valence-electron chi connectivity index (χ3n) is 4.49. The van der Waals surface area contributed by atoms with E-state index in [1.165, 1.54) is 5.56 Å². The molecule has 7 heteroatoms. The van der Waals surface area contributed by atoms with Gasteiger partial charge < -0.3 is 10.6 Å². The van der Waals surface area contributed by atoms with Gasteiger partial charge in [0, 0.05) is 19.2 Å². The Bertz CT molecular complexity index is 982. The number of nitrogens with zero attached hydrogens (tertiary/aromatic N) is 2. The summed E-state index contributed by atoms with van der Waals surface area (Å²) in [7, 11) is 0. The minimum Gasteiger partial charge on any atom is -0.347 e. The van der Waals surface area contributed by atoms with Crippen molar-refractivity contribution in [1.82, 2.24) is 14.7 Å². The van der Waals surface area contributed by atoms with Crippen molar-refractivity contribution >= 4 is 29.0 Å². The molecule has 0 bridgehead atoms. The van der Waals surface area contributed by atoms with E-state index in [0.29, 0.717) is 40.8 Å². The zero-order valence-corrected chi connectivity index (χ0v) is 17.5. The Labute approximate surface area is 174 Å². The maximum Gasteiger partial charge on any atom is 0.265 e. The molecule has 0 saturated carbocycles. The zero-order valence-electron chi connectivity index (χ0n) is 16.7. The first-order valence-electron chi connectivity index (χ1n) is 9.57. The molecule has 2 aromatic heterocycles. The molecule has 6 nitrogen and oxygen atoms in total. The van der Waals surface area contributed by atoms with Gasteiger partial charge in [-0.2, -0.15) is 4.37 Å². The second-order valence-electron chi connectivity index (χ2n) is 6.93. The van der Waals surface area contributed by atoms with Crippen LogP contribution in [0, 0.1) is 0 Å². The number of pyridine rings is 1. The Hall–Kier alpha value is -3.06. The lowest BCUT2D eigenvalue weighted by Gasteiger charge is -2.09. The van der Waals surface area contributed by atoms with Crippen LogP contribution in [0.2, 0.25) is 0 Å². The van der Waals surface area contributed by atoms with Gasteiger partial charge in [0.25, 0.3) is 5.91 Å². The van der Waals surface area contributed by atoms with Crippen molar-refractivity contribution in [3.8, 4) is 11.4 Å². The number of aromatic nitrogens is 2. The van der Waals surface area contributed by atoms with Crippen LogP contribution >= 0.6 is 11.5 Å². The molecule has 3 rings (SSSR count). The number of anilines is 1. The van der Waals surface area contributed by atoms with Crippen molar-refractivity contribution in [2.24, 2.45) is 0 Å². The van der Waals surface area contributed by atoms with E-state index in [1.54, 1.807) is 25.3 Å². The van der Waals surface area contributed by atoms with E-state index in [0.717, 1.165) is 17.1 Å². The molecule has 1 aromatic carbocycles. The molecule has 0 fully saturated rings. The second kappa shape index (κ2) is 9.43. The molecule has 2 amide bonds. The molecule has 0 aliphatic carbocycles. The van der Waals surface area contributed by atoms with E-state index in [-0.39, 0.29) is 11.8 Å². The van der Waals surface area contributed by atoms with Crippen LogP contribution in [0.15, 0.2) is 48.7 Å². The quantitative estimate of drug-likeness (QED) is 0.598. The Kier molecular flexibility index (Phi) is 6.72. The number of nitrogens with one attached hydrogen (secondary N) is 2. The van der Waals surface area contributed by atoms with E-state index in [1.807, 2.05) is 18.2 Å². The number of rotatable bonds is 7. The van der Waals surface area contributed by atoms with Crippen molar-refractivity contribution in [1.29, 1.82) is 0 Å². The van der Waals surface area contributed by atoms with Gasteiger partial charge in [0.05, 0.1) is 11.4 Å². The van der Waals surface area contributed by atoms with Crippen molar-refractivity contribution in [2.75, 3.05) is 5.32 Å². The van der Waals surface area contributed by atoms with Gasteiger partial charge in [0.15, 0.2) is 0 Å². The number of amides is 2. The van der Waals surface area contributed by atoms with Gasteiger partial charge in [0.1, 0.15) is 10.6 Å². The molecule has 0 aliphatic rings. The summed E-state index contributed by atoms with van der Waals surface area (Å²) in [5, 5.41) is 5.73. The molecule has 0 spiro atoms. The Morgan fingerprint density at radius 2 is 1.86 bits per heavy atom. The number of carbonyl (C=O) groups excluding carboxylic acids is 2. The zero-order chi connectivity index (χ0) is 20.8. The lowest BCUT2D eigenvalue weighted by atomic mass is 10.0. The Balaban J connectivity index is 1.80. The van der Waals surface area contributed by atoms with E-state index in [9.17, 15) is 9.59 Å². The summed E-state index contributed by atoms with van der Waals surface area (Å²) >= 11 is 1.06. The van der Waals surface area contributed by atoms with Gasteiger partial charge in [-0.3, -0.25) is 14.6 Å². The summed E-state index contributed by atoms with van der Waals surface area (Å²) in [6, 6.07) is 13.6. The standard InChI is InChI=1S/C22H24N4O2S/c1-4-18(27)25-20-19(17-7-5-6-12-23-17)26-29-21(20)22(28)24-13-15-8-10-16(11-9-15)14(2)3/h5-12,14H,4,13H2,1-3H3,(H,24,28)(H,25,27). The molecule has 3 aromatic rings. The number of benzene rings is 1. The maximum absolute atomic E-state index is 12.8. The van der Waals surface area contributed by atoms with Crippen LogP contribution in [0.1, 0.15) is 53.9 Å². The summed E-state index contributed by atoms with van der Waals surface area (Å²) in [6.07, 6.45) is 1.96. The summed E-state index contributed by atoms with van der Waals surface area (Å²) in [4.78, 5) is 29.5. The maximum atomic E-state index is 12.8. The van der Waals surface area contributed by atoms with E-state index in [2.05, 4.69) is 46.0 Å². The van der Waals surface area contributed by atoms with Crippen molar-refractivity contribution < 1.29 is 9.59 Å². The highest BCUT2D eigenvalue weighted by Gasteiger charge is 2.22. The first kappa shape index (κ1) is 20.7. The molecular formula is C22H24N4O2S. The molecule has 2 heterocycles. The Morgan fingerprint density at radius 3 is 2.48 bits per heavy atom. The minimum absolute atomic E-state index is 0.180. The van der Waals surface area contributed by atoms with Gasteiger partial charge >= 0.3 is 0 Å². The molecule has 0 radical (unpaired) electrons. The Morgan fingerprint density at radius 1 is 1.10 bits per heavy atom. The normalized spacial score (nSPS) is 10.8. The predicted molar refractivity (Wildman–Crippen MR) is 116 cm³/mol. The second-order valence-corrected chi connectivity index (χ2v) is 7.70. The fourth-order valence-corrected chi connectivity index (χ4v) is 3.51. The molecule has 0 atom stereocenters. The van der Waals surface area contributed by atoms with Crippen LogP contribution in [0.3, 0.4) is 0 Å².